The van der Waals surface area contributed by atoms with Crippen molar-refractivity contribution in [3.05, 3.63) is 22.4 Å². The van der Waals surface area contributed by atoms with Crippen LogP contribution in [0.15, 0.2) is 17.5 Å². The van der Waals surface area contributed by atoms with Gasteiger partial charge in [-0.1, -0.05) is 6.07 Å². The van der Waals surface area contributed by atoms with Crippen LogP contribution in [0.5, 0.6) is 0 Å². The van der Waals surface area contributed by atoms with Crippen LogP contribution in [0, 0.1) is 0 Å². The molecule has 0 saturated carbocycles. The highest BCUT2D eigenvalue weighted by atomic mass is 32.1. The number of aryl methyl sites for hydroxylation is 1. The first kappa shape index (κ1) is 12.7. The van der Waals surface area contributed by atoms with E-state index in [0.717, 1.165) is 12.8 Å². The van der Waals surface area contributed by atoms with E-state index < -0.39 is 12.0 Å². The number of carbonyl (C=O) groups excluding carboxylic acids is 1. The lowest BCUT2D eigenvalue weighted by Gasteiger charge is -2.08. The smallest absolute Gasteiger partial charge is 0.325 e. The van der Waals surface area contributed by atoms with Crippen molar-refractivity contribution < 1.29 is 14.7 Å². The number of amides is 1. The van der Waals surface area contributed by atoms with Gasteiger partial charge < -0.3 is 10.4 Å². The molecule has 5 heteroatoms. The van der Waals surface area contributed by atoms with Crippen molar-refractivity contribution in [3.8, 4) is 0 Å². The van der Waals surface area contributed by atoms with Crippen LogP contribution >= 0.6 is 11.3 Å². The molecular formula is C11H15NO3S. The third-order valence-electron chi connectivity index (χ3n) is 2.16. The Kier molecular flexibility index (Phi) is 4.98. The molecule has 0 aliphatic heterocycles. The predicted octanol–water partition coefficient (Wildman–Crippen LogP) is 1.66. The van der Waals surface area contributed by atoms with E-state index in [2.05, 4.69) is 5.32 Å². The van der Waals surface area contributed by atoms with Crippen LogP contribution in [-0.2, 0) is 16.0 Å². The number of thiophene rings is 1. The highest BCUT2D eigenvalue weighted by Gasteiger charge is 2.13. The van der Waals surface area contributed by atoms with Crippen LogP contribution in [0.2, 0.25) is 0 Å². The largest absolute Gasteiger partial charge is 0.480 e. The normalized spacial score (nSPS) is 12.1. The Hall–Kier alpha value is -1.36. The molecule has 16 heavy (non-hydrogen) atoms. The lowest BCUT2D eigenvalue weighted by atomic mass is 10.2. The minimum absolute atomic E-state index is 0.202. The first-order valence-corrected chi connectivity index (χ1v) is 6.02. The zero-order valence-corrected chi connectivity index (χ0v) is 9.92. The second-order valence-corrected chi connectivity index (χ2v) is 4.59. The Labute approximate surface area is 98.3 Å². The minimum atomic E-state index is -1.01. The van der Waals surface area contributed by atoms with Crippen LogP contribution in [0.1, 0.15) is 24.6 Å². The summed E-state index contributed by atoms with van der Waals surface area (Å²) in [5.74, 6) is -1.21. The highest BCUT2D eigenvalue weighted by molar-refractivity contribution is 7.09. The zero-order valence-electron chi connectivity index (χ0n) is 9.10. The van der Waals surface area contributed by atoms with Gasteiger partial charge in [0.1, 0.15) is 6.04 Å². The van der Waals surface area contributed by atoms with Gasteiger partial charge in [-0.2, -0.15) is 0 Å². The minimum Gasteiger partial charge on any atom is -0.480 e. The number of hydrogen-bond acceptors (Lipinski definition) is 3. The Morgan fingerprint density at radius 3 is 2.88 bits per heavy atom. The van der Waals surface area contributed by atoms with E-state index in [1.165, 1.54) is 11.8 Å². The van der Waals surface area contributed by atoms with E-state index >= 15 is 0 Å². The van der Waals surface area contributed by atoms with Crippen molar-refractivity contribution in [1.82, 2.24) is 5.32 Å². The van der Waals surface area contributed by atoms with E-state index in [1.807, 2.05) is 17.5 Å². The average Bonchev–Trinajstić information content (AvgIpc) is 2.70. The summed E-state index contributed by atoms with van der Waals surface area (Å²) in [5, 5.41) is 13.0. The molecule has 1 aromatic heterocycles. The van der Waals surface area contributed by atoms with Crippen molar-refractivity contribution in [2.75, 3.05) is 0 Å². The lowest BCUT2D eigenvalue weighted by Crippen LogP contribution is -2.38. The van der Waals surface area contributed by atoms with Gasteiger partial charge >= 0.3 is 5.97 Å². The summed E-state index contributed by atoms with van der Waals surface area (Å²) in [7, 11) is 0. The molecule has 0 bridgehead atoms. The molecule has 0 fully saturated rings. The molecule has 1 rings (SSSR count). The van der Waals surface area contributed by atoms with Crippen LogP contribution in [0.25, 0.3) is 0 Å². The molecule has 4 nitrogen and oxygen atoms in total. The first-order chi connectivity index (χ1) is 7.59. The summed E-state index contributed by atoms with van der Waals surface area (Å²) >= 11 is 1.67. The number of hydrogen-bond donors (Lipinski definition) is 2. The van der Waals surface area contributed by atoms with Gasteiger partial charge in [-0.05, 0) is 31.2 Å². The first-order valence-electron chi connectivity index (χ1n) is 5.14. The summed E-state index contributed by atoms with van der Waals surface area (Å²) in [5.41, 5.74) is 0. The van der Waals surface area contributed by atoms with Crippen LogP contribution in [0.3, 0.4) is 0 Å². The van der Waals surface area contributed by atoms with Crippen LogP contribution < -0.4 is 5.32 Å². The fraction of sp³-hybridized carbons (Fsp3) is 0.455. The standard InChI is InChI=1S/C11H15NO3S/c1-8(11(14)15)12-10(13)6-2-4-9-5-3-7-16-9/h3,5,7-8H,2,4,6H2,1H3,(H,12,13)(H,14,15)/t8-/m0/s1. The van der Waals surface area contributed by atoms with Gasteiger partial charge in [-0.15, -0.1) is 11.3 Å². The molecule has 0 aliphatic carbocycles. The van der Waals surface area contributed by atoms with Gasteiger partial charge in [-0.3, -0.25) is 9.59 Å². The molecule has 1 amide bonds. The molecule has 0 unspecified atom stereocenters. The number of aliphatic carboxylic acids is 1. The van der Waals surface area contributed by atoms with Gasteiger partial charge in [0.05, 0.1) is 0 Å². The zero-order chi connectivity index (χ0) is 12.0. The topological polar surface area (TPSA) is 66.4 Å². The van der Waals surface area contributed by atoms with E-state index in [-0.39, 0.29) is 5.91 Å². The van der Waals surface area contributed by atoms with Crippen molar-refractivity contribution >= 4 is 23.2 Å². The van der Waals surface area contributed by atoms with Gasteiger partial charge in [0.2, 0.25) is 5.91 Å². The third kappa shape index (κ3) is 4.44. The second-order valence-electron chi connectivity index (χ2n) is 3.56. The molecule has 1 atom stereocenters. The molecule has 0 spiro atoms. The van der Waals surface area contributed by atoms with Crippen molar-refractivity contribution in [3.63, 3.8) is 0 Å². The molecule has 0 aliphatic rings. The van der Waals surface area contributed by atoms with Gasteiger partial charge in [-0.25, -0.2) is 0 Å². The van der Waals surface area contributed by atoms with E-state index in [9.17, 15) is 9.59 Å². The van der Waals surface area contributed by atoms with E-state index in [0.29, 0.717) is 6.42 Å². The van der Waals surface area contributed by atoms with Crippen molar-refractivity contribution in [2.45, 2.75) is 32.2 Å². The van der Waals surface area contributed by atoms with Gasteiger partial charge in [0, 0.05) is 11.3 Å². The predicted molar refractivity (Wildman–Crippen MR) is 62.5 cm³/mol. The fourth-order valence-corrected chi connectivity index (χ4v) is 2.00. The van der Waals surface area contributed by atoms with E-state index in [4.69, 9.17) is 5.11 Å². The summed E-state index contributed by atoms with van der Waals surface area (Å²) < 4.78 is 0. The number of carbonyl (C=O) groups is 2. The SMILES string of the molecule is C[C@H](NC(=O)CCCc1cccs1)C(=O)O. The van der Waals surface area contributed by atoms with Gasteiger partial charge in [0.15, 0.2) is 0 Å². The maximum Gasteiger partial charge on any atom is 0.325 e. The number of rotatable bonds is 6. The summed E-state index contributed by atoms with van der Waals surface area (Å²) in [6.07, 6.45) is 1.99. The summed E-state index contributed by atoms with van der Waals surface area (Å²) in [6, 6.07) is 3.20. The molecule has 0 radical (unpaired) electrons. The maximum absolute atomic E-state index is 11.3. The van der Waals surface area contributed by atoms with Crippen LogP contribution in [-0.4, -0.2) is 23.0 Å². The lowest BCUT2D eigenvalue weighted by molar-refractivity contribution is -0.141. The van der Waals surface area contributed by atoms with Crippen molar-refractivity contribution in [1.29, 1.82) is 0 Å². The molecular weight excluding hydrogens is 226 g/mol. The molecule has 0 saturated heterocycles. The number of carboxylic acid groups (broad SMARTS) is 1. The number of carboxylic acids is 1. The average molecular weight is 241 g/mol. The Morgan fingerprint density at radius 1 is 1.56 bits per heavy atom. The Balaban J connectivity index is 2.18. The van der Waals surface area contributed by atoms with Gasteiger partial charge in [0.25, 0.3) is 0 Å². The molecule has 88 valence electrons. The maximum atomic E-state index is 11.3. The fourth-order valence-electron chi connectivity index (χ4n) is 1.25. The molecule has 1 aromatic rings. The highest BCUT2D eigenvalue weighted by Crippen LogP contribution is 2.11. The monoisotopic (exact) mass is 241 g/mol. The van der Waals surface area contributed by atoms with E-state index in [1.54, 1.807) is 11.3 Å². The molecule has 1 heterocycles. The summed E-state index contributed by atoms with van der Waals surface area (Å²) in [6.45, 7) is 1.46. The van der Waals surface area contributed by atoms with Crippen LogP contribution in [0.4, 0.5) is 0 Å². The quantitative estimate of drug-likeness (QED) is 0.796. The molecule has 0 aromatic carbocycles. The summed E-state index contributed by atoms with van der Waals surface area (Å²) in [4.78, 5) is 23.0. The number of nitrogens with one attached hydrogen (secondary N) is 1. The van der Waals surface area contributed by atoms with Crippen molar-refractivity contribution in [2.24, 2.45) is 0 Å². The Bertz CT molecular complexity index is 348. The molecule has 2 N–H and O–H groups in total. The second kappa shape index (κ2) is 6.27. The third-order valence-corrected chi connectivity index (χ3v) is 3.09. The Morgan fingerprint density at radius 2 is 2.31 bits per heavy atom.